The fourth-order valence-corrected chi connectivity index (χ4v) is 5.37. The van der Waals surface area contributed by atoms with Gasteiger partial charge in [-0.25, -0.2) is 4.79 Å². The van der Waals surface area contributed by atoms with Gasteiger partial charge >= 0.3 is 6.09 Å². The topological polar surface area (TPSA) is 81.1 Å². The van der Waals surface area contributed by atoms with Crippen LogP contribution in [0, 0.1) is 0 Å². The van der Waals surface area contributed by atoms with Crippen LogP contribution in [0.2, 0.25) is 0 Å². The van der Waals surface area contributed by atoms with Crippen LogP contribution in [-0.4, -0.2) is 63.8 Å². The highest BCUT2D eigenvalue weighted by Crippen LogP contribution is 2.42. The van der Waals surface area contributed by atoms with Crippen LogP contribution in [0.3, 0.4) is 0 Å². The maximum Gasteiger partial charge on any atom is 0.407 e. The van der Waals surface area contributed by atoms with Crippen LogP contribution in [0.15, 0.2) is 54.6 Å². The quantitative estimate of drug-likeness (QED) is 0.695. The van der Waals surface area contributed by atoms with E-state index in [0.29, 0.717) is 39.0 Å². The van der Waals surface area contributed by atoms with Gasteiger partial charge in [0.05, 0.1) is 11.5 Å². The second-order valence-electron chi connectivity index (χ2n) is 9.38. The normalized spacial score (nSPS) is 19.2. The van der Waals surface area contributed by atoms with Crippen LogP contribution in [-0.2, 0) is 17.6 Å². The highest BCUT2D eigenvalue weighted by Gasteiger charge is 2.45. The van der Waals surface area contributed by atoms with Gasteiger partial charge in [0.25, 0.3) is 0 Å². The summed E-state index contributed by atoms with van der Waals surface area (Å²) >= 11 is 0. The van der Waals surface area contributed by atoms with E-state index in [0.717, 1.165) is 43.2 Å². The van der Waals surface area contributed by atoms with Crippen molar-refractivity contribution in [2.45, 2.75) is 56.5 Å². The molecule has 33 heavy (non-hydrogen) atoms. The van der Waals surface area contributed by atoms with E-state index in [9.17, 15) is 19.8 Å². The molecule has 2 aliphatic rings. The van der Waals surface area contributed by atoms with E-state index in [-0.39, 0.29) is 5.91 Å². The minimum absolute atomic E-state index is 0.0726. The van der Waals surface area contributed by atoms with Gasteiger partial charge in [-0.1, -0.05) is 73.9 Å². The van der Waals surface area contributed by atoms with Gasteiger partial charge in [0, 0.05) is 26.2 Å². The third-order valence-electron chi connectivity index (χ3n) is 7.26. The minimum Gasteiger partial charge on any atom is -0.465 e. The molecule has 1 aliphatic carbocycles. The number of carboxylic acid groups (broad SMARTS) is 1. The SMILES string of the molecule is O=C(O)N1CCN(C(=O)C(c2ccccc2CCc2ccccc2)C2(O)CCCCC2)CC1. The molecule has 6 heteroatoms. The first-order valence-corrected chi connectivity index (χ1v) is 12.1. The summed E-state index contributed by atoms with van der Waals surface area (Å²) in [7, 11) is 0. The molecule has 1 unspecified atom stereocenters. The predicted molar refractivity (Wildman–Crippen MR) is 127 cm³/mol. The first-order chi connectivity index (χ1) is 16.0. The summed E-state index contributed by atoms with van der Waals surface area (Å²) in [5, 5.41) is 21.1. The molecule has 0 aromatic heterocycles. The van der Waals surface area contributed by atoms with E-state index in [1.54, 1.807) is 4.90 Å². The number of rotatable bonds is 6. The first-order valence-electron chi connectivity index (χ1n) is 12.1. The van der Waals surface area contributed by atoms with Crippen LogP contribution in [0.4, 0.5) is 4.79 Å². The summed E-state index contributed by atoms with van der Waals surface area (Å²) in [6.07, 6.45) is 4.86. The molecule has 0 radical (unpaired) electrons. The van der Waals surface area contributed by atoms with Crippen molar-refractivity contribution in [2.75, 3.05) is 26.2 Å². The Morgan fingerprint density at radius 2 is 1.42 bits per heavy atom. The Bertz CT molecular complexity index is 948. The highest BCUT2D eigenvalue weighted by atomic mass is 16.4. The van der Waals surface area contributed by atoms with Gasteiger partial charge in [0.1, 0.15) is 0 Å². The number of piperazine rings is 1. The maximum absolute atomic E-state index is 13.9. The van der Waals surface area contributed by atoms with Gasteiger partial charge in [-0.05, 0) is 42.4 Å². The zero-order valence-electron chi connectivity index (χ0n) is 19.2. The molecule has 4 rings (SSSR count). The van der Waals surface area contributed by atoms with Gasteiger partial charge in [0.15, 0.2) is 0 Å². The summed E-state index contributed by atoms with van der Waals surface area (Å²) < 4.78 is 0. The molecule has 0 bridgehead atoms. The largest absolute Gasteiger partial charge is 0.465 e. The minimum atomic E-state index is -1.07. The molecule has 2 aromatic carbocycles. The van der Waals surface area contributed by atoms with Crippen molar-refractivity contribution >= 4 is 12.0 Å². The number of amides is 2. The fraction of sp³-hybridized carbons (Fsp3) is 0.481. The summed E-state index contributed by atoms with van der Waals surface area (Å²) in [6.45, 7) is 1.34. The fourth-order valence-electron chi connectivity index (χ4n) is 5.37. The van der Waals surface area contributed by atoms with Crippen LogP contribution in [0.25, 0.3) is 0 Å². The number of nitrogens with zero attached hydrogens (tertiary/aromatic N) is 2. The average molecular weight is 451 g/mol. The summed E-state index contributed by atoms with van der Waals surface area (Å²) in [4.78, 5) is 28.3. The van der Waals surface area contributed by atoms with E-state index in [1.165, 1.54) is 10.5 Å². The molecule has 2 amide bonds. The number of benzene rings is 2. The molecule has 0 spiro atoms. The molecule has 6 nitrogen and oxygen atoms in total. The molecule has 1 saturated heterocycles. The van der Waals surface area contributed by atoms with E-state index in [4.69, 9.17) is 0 Å². The van der Waals surface area contributed by atoms with Crippen molar-refractivity contribution in [3.8, 4) is 0 Å². The lowest BCUT2D eigenvalue weighted by molar-refractivity contribution is -0.143. The monoisotopic (exact) mass is 450 g/mol. The molecule has 2 aromatic rings. The Morgan fingerprint density at radius 3 is 2.09 bits per heavy atom. The van der Waals surface area contributed by atoms with E-state index < -0.39 is 17.6 Å². The molecule has 2 N–H and O–H groups in total. The van der Waals surface area contributed by atoms with Crippen molar-refractivity contribution in [3.05, 3.63) is 71.3 Å². The third kappa shape index (κ3) is 5.38. The lowest BCUT2D eigenvalue weighted by Crippen LogP contribution is -2.54. The molecular weight excluding hydrogens is 416 g/mol. The van der Waals surface area contributed by atoms with Gasteiger partial charge < -0.3 is 20.0 Å². The predicted octanol–water partition coefficient (Wildman–Crippen LogP) is 4.07. The van der Waals surface area contributed by atoms with E-state index in [2.05, 4.69) is 18.2 Å². The average Bonchev–Trinajstić information content (AvgIpc) is 2.84. The molecule has 1 aliphatic heterocycles. The number of aryl methyl sites for hydroxylation is 2. The molecule has 1 heterocycles. The van der Waals surface area contributed by atoms with Crippen molar-refractivity contribution in [2.24, 2.45) is 0 Å². The zero-order valence-corrected chi connectivity index (χ0v) is 19.2. The standard InChI is InChI=1S/C27H34N2O4/c30-25(28-17-19-29(20-18-28)26(31)32)24(27(33)15-7-2-8-16-27)23-12-6-5-11-22(23)14-13-21-9-3-1-4-10-21/h1,3-6,9-12,24,33H,2,7-8,13-20H2,(H,31,32). The van der Waals surface area contributed by atoms with Crippen LogP contribution >= 0.6 is 0 Å². The summed E-state index contributed by atoms with van der Waals surface area (Å²) in [6, 6.07) is 18.3. The maximum atomic E-state index is 13.9. The summed E-state index contributed by atoms with van der Waals surface area (Å²) in [5.74, 6) is -0.697. The smallest absolute Gasteiger partial charge is 0.407 e. The molecule has 176 valence electrons. The lowest BCUT2D eigenvalue weighted by Gasteiger charge is -2.43. The van der Waals surface area contributed by atoms with Crippen molar-refractivity contribution < 1.29 is 19.8 Å². The van der Waals surface area contributed by atoms with Gasteiger partial charge in [-0.3, -0.25) is 4.79 Å². The second kappa shape index (κ2) is 10.4. The Balaban J connectivity index is 1.62. The van der Waals surface area contributed by atoms with Crippen molar-refractivity contribution in [1.29, 1.82) is 0 Å². The first kappa shape index (κ1) is 23.3. The number of hydrogen-bond donors (Lipinski definition) is 2. The Morgan fingerprint density at radius 1 is 0.818 bits per heavy atom. The number of carbonyl (C=O) groups excluding carboxylic acids is 1. The molecule has 2 fully saturated rings. The van der Waals surface area contributed by atoms with Gasteiger partial charge in [0.2, 0.25) is 5.91 Å². The number of carbonyl (C=O) groups is 2. The van der Waals surface area contributed by atoms with Crippen LogP contribution in [0.5, 0.6) is 0 Å². The number of aliphatic hydroxyl groups is 1. The summed E-state index contributed by atoms with van der Waals surface area (Å²) in [5.41, 5.74) is 2.20. The Labute approximate surface area is 195 Å². The van der Waals surface area contributed by atoms with Crippen molar-refractivity contribution in [1.82, 2.24) is 9.80 Å². The Kier molecular flexibility index (Phi) is 7.33. The number of hydrogen-bond acceptors (Lipinski definition) is 3. The van der Waals surface area contributed by atoms with Crippen LogP contribution < -0.4 is 0 Å². The van der Waals surface area contributed by atoms with Gasteiger partial charge in [-0.2, -0.15) is 0 Å². The highest BCUT2D eigenvalue weighted by molar-refractivity contribution is 5.86. The molecule has 1 atom stereocenters. The zero-order chi connectivity index (χ0) is 23.3. The van der Waals surface area contributed by atoms with Gasteiger partial charge in [-0.15, -0.1) is 0 Å². The molecular formula is C27H34N2O4. The lowest BCUT2D eigenvalue weighted by atomic mass is 9.71. The van der Waals surface area contributed by atoms with E-state index >= 15 is 0 Å². The van der Waals surface area contributed by atoms with E-state index in [1.807, 2.05) is 36.4 Å². The van der Waals surface area contributed by atoms with Crippen LogP contribution in [0.1, 0.15) is 54.7 Å². The van der Waals surface area contributed by atoms with Crippen molar-refractivity contribution in [3.63, 3.8) is 0 Å². The molecule has 1 saturated carbocycles. The third-order valence-corrected chi connectivity index (χ3v) is 7.26. The Hall–Kier alpha value is -2.86. The second-order valence-corrected chi connectivity index (χ2v) is 9.38.